The summed E-state index contributed by atoms with van der Waals surface area (Å²) >= 11 is 0. The normalized spacial score (nSPS) is 11.9. The van der Waals surface area contributed by atoms with Gasteiger partial charge in [0, 0.05) is 12.6 Å². The third kappa shape index (κ3) is 3.92. The molecule has 0 saturated carbocycles. The molecule has 0 aliphatic rings. The highest BCUT2D eigenvalue weighted by molar-refractivity contribution is 6.01. The minimum absolute atomic E-state index is 0.0559. The number of benzene rings is 1. The Hall–Kier alpha value is -2.15. The van der Waals surface area contributed by atoms with Crippen molar-refractivity contribution in [3.05, 3.63) is 33.4 Å². The fourth-order valence-electron chi connectivity index (χ4n) is 1.86. The van der Waals surface area contributed by atoms with E-state index in [2.05, 4.69) is 5.32 Å². The maximum Gasteiger partial charge on any atom is 0.293 e. The Kier molecular flexibility index (Phi) is 5.45. The second-order valence-corrected chi connectivity index (χ2v) is 4.65. The van der Waals surface area contributed by atoms with Crippen molar-refractivity contribution in [1.82, 2.24) is 5.32 Å². The maximum atomic E-state index is 12.0. The Morgan fingerprint density at radius 2 is 2.20 bits per heavy atom. The number of aliphatic hydroxyl groups excluding tert-OH is 1. The number of aryl methyl sites for hydroxylation is 1. The average Bonchev–Trinajstić information content (AvgIpc) is 2.38. The highest BCUT2D eigenvalue weighted by Crippen LogP contribution is 2.26. The van der Waals surface area contributed by atoms with Crippen molar-refractivity contribution < 1.29 is 14.8 Å². The molecule has 1 atom stereocenters. The van der Waals surface area contributed by atoms with Gasteiger partial charge in [0.1, 0.15) is 5.69 Å². The van der Waals surface area contributed by atoms with Gasteiger partial charge in [0.2, 0.25) is 0 Å². The number of aliphatic hydroxyl groups is 1. The molecule has 1 rings (SSSR count). The van der Waals surface area contributed by atoms with Gasteiger partial charge in [-0.25, -0.2) is 0 Å². The zero-order valence-corrected chi connectivity index (χ0v) is 11.5. The molecule has 0 heterocycles. The second-order valence-electron chi connectivity index (χ2n) is 4.65. The average molecular weight is 281 g/mol. The van der Waals surface area contributed by atoms with Crippen molar-refractivity contribution in [1.29, 1.82) is 0 Å². The molecule has 0 aliphatic heterocycles. The van der Waals surface area contributed by atoms with Crippen LogP contribution in [0.1, 0.15) is 35.7 Å². The third-order valence-corrected chi connectivity index (χ3v) is 2.86. The molecule has 1 unspecified atom stereocenters. The maximum absolute atomic E-state index is 12.0. The lowest BCUT2D eigenvalue weighted by atomic mass is 10.1. The van der Waals surface area contributed by atoms with Gasteiger partial charge in [0.15, 0.2) is 0 Å². The molecule has 1 aromatic carbocycles. The first kappa shape index (κ1) is 15.9. The van der Waals surface area contributed by atoms with Crippen LogP contribution in [0.3, 0.4) is 0 Å². The molecule has 0 bridgehead atoms. The molecule has 110 valence electrons. The van der Waals surface area contributed by atoms with Crippen LogP contribution in [0.2, 0.25) is 0 Å². The summed E-state index contributed by atoms with van der Waals surface area (Å²) in [7, 11) is 0. The van der Waals surface area contributed by atoms with E-state index in [1.165, 1.54) is 12.1 Å². The molecule has 7 heteroatoms. The lowest BCUT2D eigenvalue weighted by Gasteiger charge is -2.12. The molecule has 0 fully saturated rings. The number of nitrogens with zero attached hydrogens (tertiary/aromatic N) is 1. The van der Waals surface area contributed by atoms with E-state index in [9.17, 15) is 20.0 Å². The number of nitrogen functional groups attached to an aromatic ring is 1. The quantitative estimate of drug-likeness (QED) is 0.413. The molecule has 1 amide bonds. The van der Waals surface area contributed by atoms with Crippen molar-refractivity contribution in [3.63, 3.8) is 0 Å². The minimum atomic E-state index is -0.634. The van der Waals surface area contributed by atoms with Crippen molar-refractivity contribution in [3.8, 4) is 0 Å². The number of nitro benzene ring substituents is 1. The number of amides is 1. The van der Waals surface area contributed by atoms with Crippen molar-refractivity contribution in [2.45, 2.75) is 32.8 Å². The molecule has 1 aromatic rings. The monoisotopic (exact) mass is 281 g/mol. The molecule has 0 aliphatic carbocycles. The number of anilines is 1. The number of nitrogens with two attached hydrogens (primary N) is 1. The number of hydrogen-bond donors (Lipinski definition) is 3. The van der Waals surface area contributed by atoms with Crippen LogP contribution >= 0.6 is 0 Å². The Balaban J connectivity index is 2.90. The van der Waals surface area contributed by atoms with Crippen LogP contribution in [-0.2, 0) is 0 Å². The molecule has 0 saturated heterocycles. The summed E-state index contributed by atoms with van der Waals surface area (Å²) in [6.45, 7) is 3.66. The highest BCUT2D eigenvalue weighted by Gasteiger charge is 2.20. The first-order valence-electron chi connectivity index (χ1n) is 6.37. The van der Waals surface area contributed by atoms with Crippen molar-refractivity contribution in [2.24, 2.45) is 0 Å². The van der Waals surface area contributed by atoms with Gasteiger partial charge < -0.3 is 16.2 Å². The Morgan fingerprint density at radius 1 is 1.55 bits per heavy atom. The van der Waals surface area contributed by atoms with Gasteiger partial charge >= 0.3 is 0 Å². The zero-order chi connectivity index (χ0) is 15.3. The van der Waals surface area contributed by atoms with Crippen LogP contribution < -0.4 is 11.1 Å². The summed E-state index contributed by atoms with van der Waals surface area (Å²) in [5, 5.41) is 22.9. The molecule has 20 heavy (non-hydrogen) atoms. The van der Waals surface area contributed by atoms with E-state index >= 15 is 0 Å². The lowest BCUT2D eigenvalue weighted by Crippen LogP contribution is -2.32. The molecule has 0 aromatic heterocycles. The largest absolute Gasteiger partial charge is 0.393 e. The number of carbonyl (C=O) groups excluding carboxylic acids is 1. The van der Waals surface area contributed by atoms with E-state index in [0.717, 1.165) is 6.42 Å². The molecular formula is C13H19N3O4. The van der Waals surface area contributed by atoms with E-state index in [1.54, 1.807) is 6.92 Å². The van der Waals surface area contributed by atoms with E-state index in [1.807, 2.05) is 6.92 Å². The predicted molar refractivity (Wildman–Crippen MR) is 75.5 cm³/mol. The lowest BCUT2D eigenvalue weighted by molar-refractivity contribution is -0.384. The van der Waals surface area contributed by atoms with E-state index in [-0.39, 0.29) is 23.5 Å². The summed E-state index contributed by atoms with van der Waals surface area (Å²) in [5.41, 5.74) is 5.83. The molecule has 0 radical (unpaired) electrons. The number of rotatable bonds is 6. The third-order valence-electron chi connectivity index (χ3n) is 2.86. The summed E-state index contributed by atoms with van der Waals surface area (Å²) in [5.74, 6) is -0.524. The van der Waals surface area contributed by atoms with E-state index in [0.29, 0.717) is 12.0 Å². The predicted octanol–water partition coefficient (Wildman–Crippen LogP) is 1.38. The van der Waals surface area contributed by atoms with Crippen LogP contribution in [0.4, 0.5) is 11.4 Å². The number of hydrogen-bond acceptors (Lipinski definition) is 5. The van der Waals surface area contributed by atoms with E-state index < -0.39 is 16.9 Å². The van der Waals surface area contributed by atoms with Crippen LogP contribution in [0.15, 0.2) is 12.1 Å². The standard InChI is InChI=1S/C13H19N3O4/c1-3-4-9(17)7-15-13(18)10-5-8(2)6-11(12(10)14)16(19)20/h5-6,9,17H,3-4,7,14H2,1-2H3,(H,15,18). The van der Waals surface area contributed by atoms with Gasteiger partial charge in [0.05, 0.1) is 16.6 Å². The van der Waals surface area contributed by atoms with Crippen LogP contribution in [-0.4, -0.2) is 28.6 Å². The van der Waals surface area contributed by atoms with Gasteiger partial charge in [-0.1, -0.05) is 13.3 Å². The van der Waals surface area contributed by atoms with Crippen molar-refractivity contribution >= 4 is 17.3 Å². The smallest absolute Gasteiger partial charge is 0.293 e. The SMILES string of the molecule is CCCC(O)CNC(=O)c1cc(C)cc([N+](=O)[O-])c1N. The van der Waals surface area contributed by atoms with Crippen LogP contribution in [0.5, 0.6) is 0 Å². The summed E-state index contributed by atoms with van der Waals surface area (Å²) in [6.07, 6.45) is 0.740. The van der Waals surface area contributed by atoms with Gasteiger partial charge in [-0.3, -0.25) is 14.9 Å². The summed E-state index contributed by atoms with van der Waals surface area (Å²) < 4.78 is 0. The first-order chi connectivity index (χ1) is 9.36. The van der Waals surface area contributed by atoms with Crippen molar-refractivity contribution in [2.75, 3.05) is 12.3 Å². The van der Waals surface area contributed by atoms with Gasteiger partial charge in [0.25, 0.3) is 11.6 Å². The van der Waals surface area contributed by atoms with Crippen LogP contribution in [0.25, 0.3) is 0 Å². The highest BCUT2D eigenvalue weighted by atomic mass is 16.6. The first-order valence-corrected chi connectivity index (χ1v) is 6.37. The van der Waals surface area contributed by atoms with Crippen LogP contribution in [0, 0.1) is 17.0 Å². The Bertz CT molecular complexity index is 517. The second kappa shape index (κ2) is 6.85. The fraction of sp³-hybridized carbons (Fsp3) is 0.462. The summed E-state index contributed by atoms with van der Waals surface area (Å²) in [6, 6.07) is 2.81. The number of nitro groups is 1. The number of nitrogens with one attached hydrogen (secondary N) is 1. The van der Waals surface area contributed by atoms with Gasteiger partial charge in [-0.2, -0.15) is 0 Å². The fourth-order valence-corrected chi connectivity index (χ4v) is 1.86. The molecule has 4 N–H and O–H groups in total. The van der Waals surface area contributed by atoms with Gasteiger partial charge in [-0.05, 0) is 25.0 Å². The zero-order valence-electron chi connectivity index (χ0n) is 11.5. The molecule has 7 nitrogen and oxygen atoms in total. The molecular weight excluding hydrogens is 262 g/mol. The van der Waals surface area contributed by atoms with Gasteiger partial charge in [-0.15, -0.1) is 0 Å². The topological polar surface area (TPSA) is 118 Å². The Labute approximate surface area is 116 Å². The number of carbonyl (C=O) groups is 1. The Morgan fingerprint density at radius 3 is 2.75 bits per heavy atom. The van der Waals surface area contributed by atoms with E-state index in [4.69, 9.17) is 5.73 Å². The summed E-state index contributed by atoms with van der Waals surface area (Å²) in [4.78, 5) is 22.2. The molecule has 0 spiro atoms. The minimum Gasteiger partial charge on any atom is -0.393 e.